The van der Waals surface area contributed by atoms with Crippen LogP contribution in [-0.4, -0.2) is 25.0 Å². The fourth-order valence-corrected chi connectivity index (χ4v) is 4.74. The van der Waals surface area contributed by atoms with Crippen LogP contribution in [0.25, 0.3) is 0 Å². The van der Waals surface area contributed by atoms with Crippen LogP contribution in [0.15, 0.2) is 66.7 Å². The highest BCUT2D eigenvalue weighted by atomic mass is 35.5. The molecule has 0 saturated heterocycles. The smallest absolute Gasteiger partial charge is 0.258 e. The number of carbonyl (C=O) groups is 2. The molecular weight excluding hydrogens is 459 g/mol. The molecule has 0 aromatic heterocycles. The summed E-state index contributed by atoms with van der Waals surface area (Å²) >= 11 is 12.4. The fourth-order valence-electron chi connectivity index (χ4n) is 4.44. The topological polar surface area (TPSA) is 49.9 Å². The summed E-state index contributed by atoms with van der Waals surface area (Å²) in [5.41, 5.74) is 2.82. The van der Waals surface area contributed by atoms with Gasteiger partial charge < -0.3 is 14.5 Å². The molecule has 5 nitrogen and oxygen atoms in total. The predicted molar refractivity (Wildman–Crippen MR) is 133 cm³/mol. The SMILES string of the molecule is COc1cccc(C(=O)N2c3ccc(Cl)cc3[C@H](N(C(C)=O)c3ccc(Cl)cc3)C[C@@H]2C)c1. The second-order valence-electron chi connectivity index (χ2n) is 8.08. The maximum atomic E-state index is 13.6. The van der Waals surface area contributed by atoms with Crippen molar-refractivity contribution in [3.8, 4) is 5.75 Å². The minimum atomic E-state index is -0.290. The molecule has 1 heterocycles. The first-order valence-electron chi connectivity index (χ1n) is 10.6. The molecular formula is C26H24Cl2N2O3. The Labute approximate surface area is 203 Å². The highest BCUT2D eigenvalue weighted by Crippen LogP contribution is 2.44. The Morgan fingerprint density at radius 1 is 1.00 bits per heavy atom. The standard InChI is InChI=1S/C26H24Cl2N2O3/c1-16-13-25(30(17(2)31)21-10-7-19(27)8-11-21)23-15-20(28)9-12-24(23)29(16)26(32)18-5-4-6-22(14-18)33-3/h4-12,14-16,25H,13H2,1-3H3/t16-,25+/m0/s1. The van der Waals surface area contributed by atoms with Crippen molar-refractivity contribution in [2.45, 2.75) is 32.4 Å². The predicted octanol–water partition coefficient (Wildman–Crippen LogP) is 6.54. The Balaban J connectivity index is 1.80. The lowest BCUT2D eigenvalue weighted by Crippen LogP contribution is -2.47. The van der Waals surface area contributed by atoms with Gasteiger partial charge >= 0.3 is 0 Å². The van der Waals surface area contributed by atoms with Gasteiger partial charge in [-0.05, 0) is 74.0 Å². The number of ether oxygens (including phenoxy) is 1. The van der Waals surface area contributed by atoms with Gasteiger partial charge in [0.25, 0.3) is 5.91 Å². The van der Waals surface area contributed by atoms with E-state index in [0.717, 1.165) is 16.9 Å². The van der Waals surface area contributed by atoms with E-state index in [-0.39, 0.29) is 23.9 Å². The molecule has 33 heavy (non-hydrogen) atoms. The quantitative estimate of drug-likeness (QED) is 0.424. The number of amides is 2. The molecule has 2 atom stereocenters. The summed E-state index contributed by atoms with van der Waals surface area (Å²) in [5, 5.41) is 1.14. The number of methoxy groups -OCH3 is 1. The summed E-state index contributed by atoms with van der Waals surface area (Å²) in [6, 6.07) is 19.3. The van der Waals surface area contributed by atoms with E-state index in [0.29, 0.717) is 27.8 Å². The molecule has 2 amide bonds. The van der Waals surface area contributed by atoms with Gasteiger partial charge in [-0.25, -0.2) is 0 Å². The molecule has 0 fully saturated rings. The Morgan fingerprint density at radius 3 is 2.36 bits per heavy atom. The molecule has 0 N–H and O–H groups in total. The first-order chi connectivity index (χ1) is 15.8. The van der Waals surface area contributed by atoms with E-state index in [1.807, 2.05) is 31.2 Å². The van der Waals surface area contributed by atoms with Gasteiger partial charge in [-0.2, -0.15) is 0 Å². The van der Waals surface area contributed by atoms with Gasteiger partial charge in [0.05, 0.1) is 13.2 Å². The Bertz CT molecular complexity index is 1200. The van der Waals surface area contributed by atoms with Crippen LogP contribution < -0.4 is 14.5 Å². The van der Waals surface area contributed by atoms with Crippen LogP contribution in [0.5, 0.6) is 5.75 Å². The zero-order chi connectivity index (χ0) is 23.7. The van der Waals surface area contributed by atoms with Crippen LogP contribution >= 0.6 is 23.2 Å². The van der Waals surface area contributed by atoms with Gasteiger partial charge in [0.1, 0.15) is 5.75 Å². The van der Waals surface area contributed by atoms with Gasteiger partial charge in [-0.3, -0.25) is 9.59 Å². The Hall–Kier alpha value is -3.02. The maximum Gasteiger partial charge on any atom is 0.258 e. The summed E-state index contributed by atoms with van der Waals surface area (Å²) < 4.78 is 5.29. The largest absolute Gasteiger partial charge is 0.497 e. The molecule has 170 valence electrons. The third-order valence-corrected chi connectivity index (χ3v) is 6.39. The normalized spacial score (nSPS) is 17.3. The summed E-state index contributed by atoms with van der Waals surface area (Å²) in [6.45, 7) is 3.53. The number of carbonyl (C=O) groups excluding carboxylic acids is 2. The molecule has 0 aliphatic carbocycles. The van der Waals surface area contributed by atoms with Crippen LogP contribution in [0.3, 0.4) is 0 Å². The lowest BCUT2D eigenvalue weighted by atomic mass is 9.89. The summed E-state index contributed by atoms with van der Waals surface area (Å²) in [4.78, 5) is 29.9. The molecule has 0 bridgehead atoms. The number of benzene rings is 3. The van der Waals surface area contributed by atoms with E-state index in [1.165, 1.54) is 6.92 Å². The van der Waals surface area contributed by atoms with E-state index in [2.05, 4.69) is 0 Å². The summed E-state index contributed by atoms with van der Waals surface area (Å²) in [5.74, 6) is 0.377. The number of hydrogen-bond acceptors (Lipinski definition) is 3. The Kier molecular flexibility index (Phi) is 6.63. The monoisotopic (exact) mass is 482 g/mol. The second kappa shape index (κ2) is 9.46. The first-order valence-corrected chi connectivity index (χ1v) is 11.4. The summed E-state index contributed by atoms with van der Waals surface area (Å²) in [7, 11) is 1.57. The zero-order valence-electron chi connectivity index (χ0n) is 18.6. The highest BCUT2D eigenvalue weighted by molar-refractivity contribution is 6.31. The third-order valence-electron chi connectivity index (χ3n) is 5.90. The molecule has 3 aromatic rings. The lowest BCUT2D eigenvalue weighted by molar-refractivity contribution is -0.117. The molecule has 0 spiro atoms. The first kappa shape index (κ1) is 23.1. The van der Waals surface area contributed by atoms with E-state index < -0.39 is 0 Å². The van der Waals surface area contributed by atoms with Gasteiger partial charge in [0.2, 0.25) is 5.91 Å². The Morgan fingerprint density at radius 2 is 1.70 bits per heavy atom. The van der Waals surface area contributed by atoms with Crippen LogP contribution in [0.1, 0.15) is 42.2 Å². The lowest BCUT2D eigenvalue weighted by Gasteiger charge is -2.43. The van der Waals surface area contributed by atoms with E-state index in [4.69, 9.17) is 27.9 Å². The molecule has 7 heteroatoms. The van der Waals surface area contributed by atoms with Crippen LogP contribution in [0.2, 0.25) is 10.0 Å². The van der Waals surface area contributed by atoms with E-state index in [9.17, 15) is 9.59 Å². The van der Waals surface area contributed by atoms with E-state index >= 15 is 0 Å². The van der Waals surface area contributed by atoms with Crippen molar-refractivity contribution >= 4 is 46.4 Å². The van der Waals surface area contributed by atoms with Crippen LogP contribution in [-0.2, 0) is 4.79 Å². The van der Waals surface area contributed by atoms with E-state index in [1.54, 1.807) is 59.4 Å². The molecule has 1 aliphatic heterocycles. The minimum Gasteiger partial charge on any atom is -0.497 e. The number of rotatable bonds is 4. The van der Waals surface area contributed by atoms with Crippen molar-refractivity contribution in [1.82, 2.24) is 0 Å². The van der Waals surface area contributed by atoms with Crippen molar-refractivity contribution in [2.75, 3.05) is 16.9 Å². The van der Waals surface area contributed by atoms with Gasteiger partial charge in [-0.15, -0.1) is 0 Å². The van der Waals surface area contributed by atoms with Gasteiger partial charge in [-0.1, -0.05) is 29.3 Å². The van der Waals surface area contributed by atoms with Crippen LogP contribution in [0.4, 0.5) is 11.4 Å². The number of halogens is 2. The van der Waals surface area contributed by atoms with Crippen molar-refractivity contribution in [3.05, 3.63) is 87.9 Å². The zero-order valence-corrected chi connectivity index (χ0v) is 20.1. The molecule has 0 radical (unpaired) electrons. The molecule has 0 unspecified atom stereocenters. The molecule has 0 saturated carbocycles. The van der Waals surface area contributed by atoms with Crippen molar-refractivity contribution in [1.29, 1.82) is 0 Å². The van der Waals surface area contributed by atoms with Crippen molar-refractivity contribution in [3.63, 3.8) is 0 Å². The van der Waals surface area contributed by atoms with Gasteiger partial charge in [0, 0.05) is 45.5 Å². The maximum absolute atomic E-state index is 13.6. The molecule has 4 rings (SSSR count). The highest BCUT2D eigenvalue weighted by Gasteiger charge is 2.38. The van der Waals surface area contributed by atoms with Crippen molar-refractivity contribution < 1.29 is 14.3 Å². The number of hydrogen-bond donors (Lipinski definition) is 0. The molecule has 1 aliphatic rings. The minimum absolute atomic E-state index is 0.104. The average molecular weight is 483 g/mol. The van der Waals surface area contributed by atoms with Gasteiger partial charge in [0.15, 0.2) is 0 Å². The number of anilines is 2. The fraction of sp³-hybridized carbons (Fsp3) is 0.231. The molecule has 3 aromatic carbocycles. The number of nitrogens with zero attached hydrogens (tertiary/aromatic N) is 2. The second-order valence-corrected chi connectivity index (χ2v) is 8.95. The van der Waals surface area contributed by atoms with Crippen molar-refractivity contribution in [2.24, 2.45) is 0 Å². The van der Waals surface area contributed by atoms with Crippen LogP contribution in [0, 0.1) is 0 Å². The summed E-state index contributed by atoms with van der Waals surface area (Å²) in [6.07, 6.45) is 0.547. The third kappa shape index (κ3) is 4.56. The number of fused-ring (bicyclic) bond motifs is 1. The average Bonchev–Trinajstić information content (AvgIpc) is 2.80.